The second-order valence-corrected chi connectivity index (χ2v) is 7.03. The number of amides is 2. The molecule has 0 spiro atoms. The zero-order valence-corrected chi connectivity index (χ0v) is 17.7. The molecule has 32 heavy (non-hydrogen) atoms. The molecule has 0 unspecified atom stereocenters. The molecule has 2 N–H and O–H groups in total. The average Bonchev–Trinajstić information content (AvgIpc) is 2.80. The molecule has 0 bridgehead atoms. The van der Waals surface area contributed by atoms with Crippen molar-refractivity contribution in [3.8, 4) is 11.8 Å². The van der Waals surface area contributed by atoms with Crippen molar-refractivity contribution in [2.24, 2.45) is 5.10 Å². The molecule has 0 fully saturated rings. The number of anilines is 1. The molecule has 0 aliphatic rings. The summed E-state index contributed by atoms with van der Waals surface area (Å²) in [5.41, 5.74) is 4.87. The smallest absolute Gasteiger partial charge is 0.249 e. The van der Waals surface area contributed by atoms with Crippen LogP contribution in [0.2, 0.25) is 5.02 Å². The van der Waals surface area contributed by atoms with Crippen LogP contribution >= 0.6 is 11.6 Å². The van der Waals surface area contributed by atoms with Crippen LogP contribution in [0.4, 0.5) is 5.69 Å². The van der Waals surface area contributed by atoms with Gasteiger partial charge in [-0.05, 0) is 48.0 Å². The highest BCUT2D eigenvalue weighted by Crippen LogP contribution is 2.20. The van der Waals surface area contributed by atoms with Gasteiger partial charge in [-0.1, -0.05) is 41.9 Å². The quantitative estimate of drug-likeness (QED) is 0.306. The third-order valence-electron chi connectivity index (χ3n) is 4.28. The number of ether oxygens (including phenoxy) is 1. The first kappa shape index (κ1) is 22.5. The van der Waals surface area contributed by atoms with Crippen molar-refractivity contribution in [3.05, 3.63) is 94.5 Å². The van der Waals surface area contributed by atoms with E-state index in [9.17, 15) is 9.59 Å². The zero-order chi connectivity index (χ0) is 22.8. The van der Waals surface area contributed by atoms with Crippen LogP contribution in [0.15, 0.2) is 77.9 Å². The lowest BCUT2D eigenvalue weighted by Gasteiger charge is -2.07. The largest absolute Gasteiger partial charge is 0.489 e. The molecule has 0 saturated carbocycles. The topological polar surface area (TPSA) is 104 Å². The van der Waals surface area contributed by atoms with Crippen LogP contribution in [0.25, 0.3) is 0 Å². The highest BCUT2D eigenvalue weighted by Gasteiger charge is 2.10. The molecule has 0 atom stereocenters. The minimum Gasteiger partial charge on any atom is -0.489 e. The Morgan fingerprint density at radius 1 is 1.00 bits per heavy atom. The number of benzene rings is 3. The van der Waals surface area contributed by atoms with Crippen LogP contribution in [0.5, 0.6) is 5.75 Å². The summed E-state index contributed by atoms with van der Waals surface area (Å²) in [7, 11) is 0. The van der Waals surface area contributed by atoms with Gasteiger partial charge in [0.15, 0.2) is 0 Å². The number of rotatable bonds is 8. The number of hydrogen-bond acceptors (Lipinski definition) is 5. The zero-order valence-electron chi connectivity index (χ0n) is 16.9. The molecule has 0 aliphatic carbocycles. The van der Waals surface area contributed by atoms with Gasteiger partial charge in [0.25, 0.3) is 0 Å². The van der Waals surface area contributed by atoms with Crippen LogP contribution in [0.3, 0.4) is 0 Å². The highest BCUT2D eigenvalue weighted by molar-refractivity contribution is 6.33. The Bertz CT molecular complexity index is 1170. The van der Waals surface area contributed by atoms with Crippen molar-refractivity contribution < 1.29 is 14.3 Å². The highest BCUT2D eigenvalue weighted by atomic mass is 35.5. The number of carbonyl (C=O) groups is 2. The first-order valence-corrected chi connectivity index (χ1v) is 10.00. The van der Waals surface area contributed by atoms with Gasteiger partial charge in [0.2, 0.25) is 11.8 Å². The molecule has 3 aromatic carbocycles. The molecule has 3 aromatic rings. The minimum atomic E-state index is -0.554. The molecule has 0 aliphatic heterocycles. The van der Waals surface area contributed by atoms with Crippen LogP contribution in [-0.2, 0) is 16.2 Å². The molecular formula is C24H19ClN4O3. The molecule has 0 aromatic heterocycles. The molecule has 8 heteroatoms. The van der Waals surface area contributed by atoms with E-state index in [1.807, 2.05) is 12.1 Å². The van der Waals surface area contributed by atoms with Gasteiger partial charge >= 0.3 is 0 Å². The Hall–Kier alpha value is -4.15. The lowest BCUT2D eigenvalue weighted by molar-refractivity contribution is -0.126. The van der Waals surface area contributed by atoms with Crippen molar-refractivity contribution in [1.82, 2.24) is 5.43 Å². The predicted octanol–water partition coefficient (Wildman–Crippen LogP) is 4.27. The maximum Gasteiger partial charge on any atom is 0.249 e. The number of carbonyl (C=O) groups excluding carboxylic acids is 2. The maximum absolute atomic E-state index is 11.9. The SMILES string of the molecule is N#Cc1ccccc1COc1ccc(C=NNC(=O)CC(=O)Nc2ccccc2Cl)cc1. The normalized spacial score (nSPS) is 10.4. The molecule has 7 nitrogen and oxygen atoms in total. The molecule has 0 saturated heterocycles. The van der Waals surface area contributed by atoms with E-state index in [2.05, 4.69) is 21.9 Å². The van der Waals surface area contributed by atoms with Crippen LogP contribution in [0.1, 0.15) is 23.1 Å². The fourth-order valence-electron chi connectivity index (χ4n) is 2.69. The van der Waals surface area contributed by atoms with Gasteiger partial charge in [0.05, 0.1) is 28.6 Å². The fourth-order valence-corrected chi connectivity index (χ4v) is 2.87. The third kappa shape index (κ3) is 6.69. The summed E-state index contributed by atoms with van der Waals surface area (Å²) in [5.74, 6) is -0.414. The molecule has 0 radical (unpaired) electrons. The second-order valence-electron chi connectivity index (χ2n) is 6.62. The Morgan fingerprint density at radius 2 is 1.72 bits per heavy atom. The summed E-state index contributed by atoms with van der Waals surface area (Å²) in [6.07, 6.45) is 1.07. The van der Waals surface area contributed by atoms with E-state index in [4.69, 9.17) is 21.6 Å². The summed E-state index contributed by atoms with van der Waals surface area (Å²) >= 11 is 5.97. The Morgan fingerprint density at radius 3 is 2.47 bits per heavy atom. The minimum absolute atomic E-state index is 0.281. The van der Waals surface area contributed by atoms with Gasteiger partial charge in [-0.25, -0.2) is 5.43 Å². The number of para-hydroxylation sites is 1. The molecule has 2 amide bonds. The number of nitrogens with one attached hydrogen (secondary N) is 2. The summed E-state index contributed by atoms with van der Waals surface area (Å²) in [6, 6.07) is 23.2. The first-order valence-electron chi connectivity index (χ1n) is 9.62. The number of nitriles is 1. The Labute approximate surface area is 190 Å². The molecule has 160 valence electrons. The van der Waals surface area contributed by atoms with Crippen molar-refractivity contribution in [2.75, 3.05) is 5.32 Å². The summed E-state index contributed by atoms with van der Waals surface area (Å²) in [5, 5.41) is 15.9. The summed E-state index contributed by atoms with van der Waals surface area (Å²) in [6.45, 7) is 0.281. The van der Waals surface area contributed by atoms with Crippen molar-refractivity contribution in [3.63, 3.8) is 0 Å². The average molecular weight is 447 g/mol. The van der Waals surface area contributed by atoms with Gasteiger partial charge in [0.1, 0.15) is 18.8 Å². The van der Waals surface area contributed by atoms with Gasteiger partial charge in [-0.15, -0.1) is 0 Å². The lowest BCUT2D eigenvalue weighted by atomic mass is 10.1. The second kappa shape index (κ2) is 11.3. The standard InChI is InChI=1S/C24H19ClN4O3/c25-21-7-3-4-8-22(21)28-23(30)13-24(31)29-27-15-17-9-11-20(12-10-17)32-16-19-6-2-1-5-18(19)14-26/h1-12,15H,13,16H2,(H,28,30)(H,29,31). The van der Waals surface area contributed by atoms with Crippen molar-refractivity contribution in [2.45, 2.75) is 13.0 Å². The predicted molar refractivity (Wildman–Crippen MR) is 122 cm³/mol. The summed E-state index contributed by atoms with van der Waals surface area (Å²) in [4.78, 5) is 23.8. The lowest BCUT2D eigenvalue weighted by Crippen LogP contribution is -2.24. The summed E-state index contributed by atoms with van der Waals surface area (Å²) < 4.78 is 5.71. The molecule has 3 rings (SSSR count). The van der Waals surface area contributed by atoms with E-state index in [1.54, 1.807) is 60.7 Å². The maximum atomic E-state index is 11.9. The van der Waals surface area contributed by atoms with Gasteiger partial charge in [-0.2, -0.15) is 10.4 Å². The van der Waals surface area contributed by atoms with E-state index in [0.717, 1.165) is 11.1 Å². The Kier molecular flexibility index (Phi) is 7.96. The number of halogens is 1. The Balaban J connectivity index is 1.45. The van der Waals surface area contributed by atoms with Gasteiger partial charge < -0.3 is 10.1 Å². The fraction of sp³-hybridized carbons (Fsp3) is 0.0833. The van der Waals surface area contributed by atoms with Gasteiger partial charge in [-0.3, -0.25) is 9.59 Å². The van der Waals surface area contributed by atoms with E-state index in [-0.39, 0.29) is 13.0 Å². The van der Waals surface area contributed by atoms with E-state index < -0.39 is 11.8 Å². The molecule has 0 heterocycles. The number of hydrazone groups is 1. The number of hydrogen-bond donors (Lipinski definition) is 2. The first-order chi connectivity index (χ1) is 15.5. The van der Waals surface area contributed by atoms with E-state index >= 15 is 0 Å². The van der Waals surface area contributed by atoms with Crippen LogP contribution in [-0.4, -0.2) is 18.0 Å². The van der Waals surface area contributed by atoms with Crippen molar-refractivity contribution >= 4 is 35.3 Å². The van der Waals surface area contributed by atoms with Crippen LogP contribution in [0, 0.1) is 11.3 Å². The monoisotopic (exact) mass is 446 g/mol. The van der Waals surface area contributed by atoms with E-state index in [0.29, 0.717) is 22.0 Å². The third-order valence-corrected chi connectivity index (χ3v) is 4.61. The molecular weight excluding hydrogens is 428 g/mol. The number of nitrogens with zero attached hydrogens (tertiary/aromatic N) is 2. The van der Waals surface area contributed by atoms with Crippen LogP contribution < -0.4 is 15.5 Å². The van der Waals surface area contributed by atoms with Crippen molar-refractivity contribution in [1.29, 1.82) is 5.26 Å². The van der Waals surface area contributed by atoms with E-state index in [1.165, 1.54) is 6.21 Å². The van der Waals surface area contributed by atoms with Gasteiger partial charge in [0, 0.05) is 5.56 Å².